The fraction of sp³-hybridized carbons (Fsp3) is 0. The molecule has 0 aromatic rings. The van der Waals surface area contributed by atoms with E-state index in [0.29, 0.717) is 0 Å². The van der Waals surface area contributed by atoms with Crippen molar-refractivity contribution < 1.29 is 86.9 Å². The number of rotatable bonds is 4. The monoisotopic (exact) mass is 496 g/mol. The first kappa shape index (κ1) is 39.4. The summed E-state index contributed by atoms with van der Waals surface area (Å²) in [5.41, 5.74) is 0. The molecule has 0 spiro atoms. The molecule has 26 heavy (non-hydrogen) atoms. The molecule has 25 nitrogen and oxygen atoms in total. The molecule has 0 atom stereocenters. The molecule has 0 aliphatic carbocycles. The van der Waals surface area contributed by atoms with Crippen LogP contribution in [-0.4, -0.2) is 67.5 Å². The summed E-state index contributed by atoms with van der Waals surface area (Å²) in [6, 6.07) is 0. The van der Waals surface area contributed by atoms with Crippen LogP contribution in [0.4, 0.5) is 0 Å². The average molecular weight is 495 g/mol. The van der Waals surface area contributed by atoms with Gasteiger partial charge in [0.1, 0.15) is 0 Å². The van der Waals surface area contributed by atoms with Crippen molar-refractivity contribution in [2.45, 2.75) is 0 Å². The molecule has 0 aromatic carbocycles. The van der Waals surface area contributed by atoms with E-state index in [2.05, 4.69) is 0 Å². The Hall–Kier alpha value is -1.66. The number of hydrogen-bond acceptors (Lipinski definition) is 20. The SMILES string of the molecule is O.O=N[N+]([O-])(O)O.O=N[N+]([O-])(O)O.O=N[N+]([O-])(O)O.O=N[N+]([O-])(O)O.[Ru]. The first-order valence-corrected chi connectivity index (χ1v) is 3.86. The van der Waals surface area contributed by atoms with Gasteiger partial charge < -0.3 is 26.3 Å². The van der Waals surface area contributed by atoms with Crippen molar-refractivity contribution in [3.8, 4) is 0 Å². The Labute approximate surface area is 149 Å². The van der Waals surface area contributed by atoms with Crippen LogP contribution in [0.25, 0.3) is 0 Å². The molecule has 0 saturated heterocycles. The molecule has 0 heterocycles. The van der Waals surface area contributed by atoms with Crippen LogP contribution in [0.5, 0.6) is 0 Å². The smallest absolute Gasteiger partial charge is 0.228 e. The third-order valence-electron chi connectivity index (χ3n) is 0.425. The van der Waals surface area contributed by atoms with E-state index < -0.39 is 20.3 Å². The number of nitrogens with zero attached hydrogens (tertiary/aromatic N) is 8. The summed E-state index contributed by atoms with van der Waals surface area (Å²) in [6.07, 6.45) is 0. The van der Waals surface area contributed by atoms with Gasteiger partial charge in [0, 0.05) is 19.5 Å². The Kier molecular flexibility index (Phi) is 25.5. The standard InChI is InChI=1S/4H2N2O4.H2O.Ru/c4*3-1-2(4,5)6;;/h4*4-5H;1H2;. The number of hydrogen-bond donors (Lipinski definition) is 8. The van der Waals surface area contributed by atoms with Gasteiger partial charge >= 0.3 is 0 Å². The van der Waals surface area contributed by atoms with Crippen LogP contribution in [-0.2, 0) is 19.5 Å². The Morgan fingerprint density at radius 1 is 0.462 bits per heavy atom. The minimum absolute atomic E-state index is 0. The minimum atomic E-state index is -3.11. The molecular weight excluding hydrogens is 485 g/mol. The van der Waals surface area contributed by atoms with Gasteiger partial charge in [-0.1, -0.05) is 19.6 Å². The summed E-state index contributed by atoms with van der Waals surface area (Å²) in [4.78, 5) is 34.9. The predicted molar refractivity (Wildman–Crippen MR) is 55.6 cm³/mol. The third kappa shape index (κ3) is 95.1. The molecule has 0 rings (SSSR count). The molecular formula is H10N8O17Ru. The maximum Gasteiger partial charge on any atom is 0.228 e. The van der Waals surface area contributed by atoms with Crippen molar-refractivity contribution in [3.05, 3.63) is 40.5 Å². The largest absolute Gasteiger partial charge is 0.533 e. The van der Waals surface area contributed by atoms with Gasteiger partial charge in [0.15, 0.2) is 0 Å². The second-order valence-corrected chi connectivity index (χ2v) is 2.38. The second-order valence-electron chi connectivity index (χ2n) is 2.38. The van der Waals surface area contributed by atoms with Crippen molar-refractivity contribution >= 4 is 0 Å². The van der Waals surface area contributed by atoms with Crippen LogP contribution >= 0.6 is 0 Å². The van der Waals surface area contributed by atoms with E-state index in [0.717, 1.165) is 0 Å². The summed E-state index contributed by atoms with van der Waals surface area (Å²) >= 11 is 0. The van der Waals surface area contributed by atoms with E-state index in [9.17, 15) is 0 Å². The second kappa shape index (κ2) is 16.8. The molecule has 160 valence electrons. The van der Waals surface area contributed by atoms with E-state index in [1.165, 1.54) is 21.1 Å². The molecule has 0 saturated carbocycles. The van der Waals surface area contributed by atoms with Crippen LogP contribution in [0.2, 0.25) is 0 Å². The van der Waals surface area contributed by atoms with Crippen LogP contribution in [0, 0.1) is 40.5 Å². The van der Waals surface area contributed by atoms with Gasteiger partial charge in [0.25, 0.3) is 0 Å². The van der Waals surface area contributed by atoms with E-state index in [1.807, 2.05) is 0 Å². The van der Waals surface area contributed by atoms with E-state index >= 15 is 0 Å². The van der Waals surface area contributed by atoms with Gasteiger partial charge in [0.2, 0.25) is 21.1 Å². The first-order chi connectivity index (χ1) is 10.2. The summed E-state index contributed by atoms with van der Waals surface area (Å²) in [7, 11) is 0. The van der Waals surface area contributed by atoms with Crippen molar-refractivity contribution in [3.63, 3.8) is 0 Å². The maximum atomic E-state index is 9.04. The Morgan fingerprint density at radius 2 is 0.500 bits per heavy atom. The van der Waals surface area contributed by atoms with Crippen molar-refractivity contribution in [1.29, 1.82) is 0 Å². The maximum absolute atomic E-state index is 9.04. The van der Waals surface area contributed by atoms with Crippen LogP contribution < -0.4 is 0 Å². The Balaban J connectivity index is -0.0000000500. The molecule has 10 N–H and O–H groups in total. The topological polar surface area (TPSA) is 403 Å². The quantitative estimate of drug-likeness (QED) is 0.0923. The zero-order valence-electron chi connectivity index (χ0n) is 11.3. The molecule has 0 unspecified atom stereocenters. The minimum Gasteiger partial charge on any atom is -0.533 e. The summed E-state index contributed by atoms with van der Waals surface area (Å²) in [5.74, 6) is 0. The van der Waals surface area contributed by atoms with Gasteiger partial charge in [-0.15, -0.1) is 41.7 Å². The molecule has 0 aromatic heterocycles. The van der Waals surface area contributed by atoms with Gasteiger partial charge in [-0.2, -0.15) is 0 Å². The van der Waals surface area contributed by atoms with Crippen molar-refractivity contribution in [1.82, 2.24) is 0 Å². The Bertz CT molecular complexity index is 283. The summed E-state index contributed by atoms with van der Waals surface area (Å²) in [5, 5.41) is 87.1. The van der Waals surface area contributed by atoms with Crippen LogP contribution in [0.15, 0.2) is 21.1 Å². The Morgan fingerprint density at radius 3 is 0.500 bits per heavy atom. The van der Waals surface area contributed by atoms with Gasteiger partial charge in [-0.25, -0.2) is 0 Å². The van der Waals surface area contributed by atoms with E-state index in [4.69, 9.17) is 82.1 Å². The molecule has 26 heteroatoms. The molecule has 0 bridgehead atoms. The zero-order valence-corrected chi connectivity index (χ0v) is 13.0. The van der Waals surface area contributed by atoms with E-state index in [1.54, 1.807) is 0 Å². The van der Waals surface area contributed by atoms with Crippen molar-refractivity contribution in [2.24, 2.45) is 21.1 Å². The van der Waals surface area contributed by atoms with Gasteiger partial charge in [-0.05, 0) is 0 Å². The normalized spacial score (nSPS) is 10.3. The molecule has 0 radical (unpaired) electrons. The molecule has 0 fully saturated rings. The van der Waals surface area contributed by atoms with Gasteiger partial charge in [-0.3, -0.25) is 0 Å². The summed E-state index contributed by atoms with van der Waals surface area (Å²) < 4.78 is 0. The molecule has 0 amide bonds. The zero-order chi connectivity index (χ0) is 20.8. The van der Waals surface area contributed by atoms with E-state index in [-0.39, 0.29) is 25.0 Å². The third-order valence-corrected chi connectivity index (χ3v) is 0.425. The number of nitroso groups, excluding NO2 is 4. The predicted octanol–water partition coefficient (Wildman–Crippen LogP) is -1.78. The van der Waals surface area contributed by atoms with Crippen molar-refractivity contribution in [2.75, 3.05) is 0 Å². The summed E-state index contributed by atoms with van der Waals surface area (Å²) in [6.45, 7) is 0. The van der Waals surface area contributed by atoms with Gasteiger partial charge in [0.05, 0.1) is 20.3 Å². The fourth-order valence-corrected chi connectivity index (χ4v) is 0. The van der Waals surface area contributed by atoms with Crippen LogP contribution in [0.1, 0.15) is 0 Å². The molecule has 0 aliphatic rings. The first-order valence-electron chi connectivity index (χ1n) is 3.86. The molecule has 0 aliphatic heterocycles. The number of quaternary nitrogens is 4. The average Bonchev–Trinajstić information content (AvgIpc) is 2.37. The fourth-order valence-electron chi connectivity index (χ4n) is 0. The van der Waals surface area contributed by atoms with Crippen LogP contribution in [0.3, 0.4) is 0 Å².